The van der Waals surface area contributed by atoms with Gasteiger partial charge in [-0.25, -0.2) is 4.98 Å². The molecule has 1 aromatic carbocycles. The van der Waals surface area contributed by atoms with Gasteiger partial charge in [-0.2, -0.15) is 0 Å². The molecule has 2 heterocycles. The van der Waals surface area contributed by atoms with Crippen molar-refractivity contribution in [2.75, 3.05) is 6.54 Å². The quantitative estimate of drug-likeness (QED) is 0.816. The van der Waals surface area contributed by atoms with Crippen molar-refractivity contribution in [1.82, 2.24) is 14.9 Å². The van der Waals surface area contributed by atoms with Crippen LogP contribution >= 0.6 is 0 Å². The zero-order valence-electron chi connectivity index (χ0n) is 15.0. The van der Waals surface area contributed by atoms with Crippen molar-refractivity contribution in [3.05, 3.63) is 48.4 Å². The summed E-state index contributed by atoms with van der Waals surface area (Å²) >= 11 is 0. The van der Waals surface area contributed by atoms with Crippen LogP contribution in [0.15, 0.2) is 42.9 Å². The lowest BCUT2D eigenvalue weighted by Gasteiger charge is -2.34. The molecule has 1 saturated carbocycles. The molecule has 0 spiro atoms. The SMILES string of the molecule is O=C(c1cccc(Oc2cnccn2)c1)N1CCC[C@H]1C1CCCCC1. The normalized spacial score (nSPS) is 20.9. The fourth-order valence-corrected chi connectivity index (χ4v) is 4.37. The maximum absolute atomic E-state index is 13.1. The second-order valence-corrected chi connectivity index (χ2v) is 7.28. The molecule has 5 heteroatoms. The van der Waals surface area contributed by atoms with Gasteiger partial charge in [-0.1, -0.05) is 25.3 Å². The van der Waals surface area contributed by atoms with Crippen LogP contribution in [0.25, 0.3) is 0 Å². The van der Waals surface area contributed by atoms with Gasteiger partial charge in [0.1, 0.15) is 5.75 Å². The van der Waals surface area contributed by atoms with Gasteiger partial charge in [0.15, 0.2) is 0 Å². The van der Waals surface area contributed by atoms with Gasteiger partial charge in [0.25, 0.3) is 5.91 Å². The molecule has 2 aromatic rings. The van der Waals surface area contributed by atoms with E-state index in [-0.39, 0.29) is 5.91 Å². The third-order valence-electron chi connectivity index (χ3n) is 5.60. The predicted octanol–water partition coefficient (Wildman–Crippen LogP) is 4.45. The Labute approximate surface area is 154 Å². The third kappa shape index (κ3) is 3.71. The molecule has 1 aliphatic heterocycles. The number of likely N-dealkylation sites (tertiary alicyclic amines) is 1. The summed E-state index contributed by atoms with van der Waals surface area (Å²) in [7, 11) is 0. The zero-order chi connectivity index (χ0) is 17.8. The molecule has 0 bridgehead atoms. The van der Waals surface area contributed by atoms with Crippen LogP contribution in [0, 0.1) is 5.92 Å². The number of hydrogen-bond donors (Lipinski definition) is 0. The van der Waals surface area contributed by atoms with Crippen molar-refractivity contribution in [3.63, 3.8) is 0 Å². The summed E-state index contributed by atoms with van der Waals surface area (Å²) in [5, 5.41) is 0. The molecule has 136 valence electrons. The van der Waals surface area contributed by atoms with Crippen LogP contribution in [0.2, 0.25) is 0 Å². The van der Waals surface area contributed by atoms with Crippen LogP contribution in [0.5, 0.6) is 11.6 Å². The summed E-state index contributed by atoms with van der Waals surface area (Å²) in [6.45, 7) is 0.870. The first kappa shape index (κ1) is 17.0. The van der Waals surface area contributed by atoms with Crippen molar-refractivity contribution >= 4 is 5.91 Å². The molecule has 0 radical (unpaired) electrons. The Morgan fingerprint density at radius 3 is 2.77 bits per heavy atom. The summed E-state index contributed by atoms with van der Waals surface area (Å²) in [5.74, 6) is 1.85. The van der Waals surface area contributed by atoms with Gasteiger partial charge in [-0.15, -0.1) is 0 Å². The third-order valence-corrected chi connectivity index (χ3v) is 5.60. The first-order valence-corrected chi connectivity index (χ1v) is 9.66. The number of amides is 1. The smallest absolute Gasteiger partial charge is 0.254 e. The number of hydrogen-bond acceptors (Lipinski definition) is 4. The van der Waals surface area contributed by atoms with Gasteiger partial charge >= 0.3 is 0 Å². The van der Waals surface area contributed by atoms with Crippen molar-refractivity contribution in [2.24, 2.45) is 5.92 Å². The molecule has 1 amide bonds. The minimum Gasteiger partial charge on any atom is -0.437 e. The summed E-state index contributed by atoms with van der Waals surface area (Å²) < 4.78 is 5.73. The molecular weight excluding hydrogens is 326 g/mol. The molecule has 1 aliphatic carbocycles. The second-order valence-electron chi connectivity index (χ2n) is 7.28. The van der Waals surface area contributed by atoms with Crippen LogP contribution < -0.4 is 4.74 Å². The highest BCUT2D eigenvalue weighted by atomic mass is 16.5. The second kappa shape index (κ2) is 7.85. The Bertz CT molecular complexity index is 744. The molecule has 2 fully saturated rings. The van der Waals surface area contributed by atoms with E-state index in [9.17, 15) is 4.79 Å². The van der Waals surface area contributed by atoms with E-state index < -0.39 is 0 Å². The van der Waals surface area contributed by atoms with Crippen LogP contribution in [0.1, 0.15) is 55.3 Å². The number of benzene rings is 1. The van der Waals surface area contributed by atoms with Crippen LogP contribution in [0.3, 0.4) is 0 Å². The van der Waals surface area contributed by atoms with E-state index in [4.69, 9.17) is 4.74 Å². The van der Waals surface area contributed by atoms with Gasteiger partial charge in [0.05, 0.1) is 6.20 Å². The topological polar surface area (TPSA) is 55.3 Å². The van der Waals surface area contributed by atoms with E-state index in [0.29, 0.717) is 29.2 Å². The molecule has 0 unspecified atom stereocenters. The fraction of sp³-hybridized carbons (Fsp3) is 0.476. The summed E-state index contributed by atoms with van der Waals surface area (Å²) in [5.41, 5.74) is 0.689. The van der Waals surface area contributed by atoms with Gasteiger partial charge < -0.3 is 9.64 Å². The monoisotopic (exact) mass is 351 g/mol. The maximum atomic E-state index is 13.1. The lowest BCUT2D eigenvalue weighted by molar-refractivity contribution is 0.0661. The highest BCUT2D eigenvalue weighted by Crippen LogP contribution is 2.35. The van der Waals surface area contributed by atoms with E-state index in [1.165, 1.54) is 32.1 Å². The minimum absolute atomic E-state index is 0.127. The minimum atomic E-state index is 0.127. The highest BCUT2D eigenvalue weighted by Gasteiger charge is 2.35. The molecule has 2 aliphatic rings. The Morgan fingerprint density at radius 1 is 1.08 bits per heavy atom. The van der Waals surface area contributed by atoms with Crippen LogP contribution in [0.4, 0.5) is 0 Å². The molecular formula is C21H25N3O2. The number of nitrogens with zero attached hydrogens (tertiary/aromatic N) is 3. The molecule has 0 N–H and O–H groups in total. The standard InChI is InChI=1S/C21H25N3O2/c25-21(24-13-5-10-19(24)16-6-2-1-3-7-16)17-8-4-9-18(14-17)26-20-15-22-11-12-23-20/h4,8-9,11-12,14-16,19H,1-3,5-7,10,13H2/t19-/m0/s1. The van der Waals surface area contributed by atoms with Crippen molar-refractivity contribution in [1.29, 1.82) is 0 Å². The van der Waals surface area contributed by atoms with Crippen molar-refractivity contribution < 1.29 is 9.53 Å². The van der Waals surface area contributed by atoms with Crippen LogP contribution in [-0.4, -0.2) is 33.4 Å². The number of carbonyl (C=O) groups excluding carboxylic acids is 1. The van der Waals surface area contributed by atoms with E-state index in [1.807, 2.05) is 24.3 Å². The van der Waals surface area contributed by atoms with Gasteiger partial charge in [-0.05, 0) is 49.8 Å². The van der Waals surface area contributed by atoms with E-state index in [0.717, 1.165) is 19.4 Å². The predicted molar refractivity (Wildman–Crippen MR) is 99.2 cm³/mol. The van der Waals surface area contributed by atoms with E-state index in [1.54, 1.807) is 18.6 Å². The lowest BCUT2D eigenvalue weighted by atomic mass is 9.83. The molecule has 1 aromatic heterocycles. The van der Waals surface area contributed by atoms with E-state index in [2.05, 4.69) is 14.9 Å². The fourth-order valence-electron chi connectivity index (χ4n) is 4.37. The molecule has 26 heavy (non-hydrogen) atoms. The molecule has 1 saturated heterocycles. The molecule has 4 rings (SSSR count). The molecule has 1 atom stereocenters. The Balaban J connectivity index is 1.49. The first-order chi connectivity index (χ1) is 12.8. The summed E-state index contributed by atoms with van der Waals surface area (Å²) in [4.78, 5) is 23.4. The number of rotatable bonds is 4. The highest BCUT2D eigenvalue weighted by molar-refractivity contribution is 5.95. The number of ether oxygens (including phenoxy) is 1. The number of aromatic nitrogens is 2. The van der Waals surface area contributed by atoms with Gasteiger partial charge in [-0.3, -0.25) is 9.78 Å². The largest absolute Gasteiger partial charge is 0.437 e. The lowest BCUT2D eigenvalue weighted by Crippen LogP contribution is -2.40. The van der Waals surface area contributed by atoms with Crippen molar-refractivity contribution in [3.8, 4) is 11.6 Å². The Kier molecular flexibility index (Phi) is 5.14. The summed E-state index contributed by atoms with van der Waals surface area (Å²) in [6.07, 6.45) is 13.5. The van der Waals surface area contributed by atoms with E-state index >= 15 is 0 Å². The summed E-state index contributed by atoms with van der Waals surface area (Å²) in [6, 6.07) is 7.81. The molecule has 5 nitrogen and oxygen atoms in total. The zero-order valence-corrected chi connectivity index (χ0v) is 15.0. The maximum Gasteiger partial charge on any atom is 0.254 e. The Morgan fingerprint density at radius 2 is 1.96 bits per heavy atom. The van der Waals surface area contributed by atoms with Crippen molar-refractivity contribution in [2.45, 2.75) is 51.0 Å². The average Bonchev–Trinajstić information content (AvgIpc) is 3.19. The average molecular weight is 351 g/mol. The number of carbonyl (C=O) groups is 1. The first-order valence-electron chi connectivity index (χ1n) is 9.66. The van der Waals surface area contributed by atoms with Gasteiger partial charge in [0, 0.05) is 30.5 Å². The van der Waals surface area contributed by atoms with Crippen LogP contribution in [-0.2, 0) is 0 Å². The Hall–Kier alpha value is -2.43. The van der Waals surface area contributed by atoms with Gasteiger partial charge in [0.2, 0.25) is 5.88 Å².